The van der Waals surface area contributed by atoms with E-state index in [1.807, 2.05) is 24.3 Å². The first-order valence-electron chi connectivity index (χ1n) is 6.14. The number of benzene rings is 2. The van der Waals surface area contributed by atoms with Crippen LogP contribution < -0.4 is 10.1 Å². The first kappa shape index (κ1) is 13.1. The third-order valence-corrected chi connectivity index (χ3v) is 3.82. The van der Waals surface area contributed by atoms with E-state index in [0.29, 0.717) is 16.6 Å². The second kappa shape index (κ2) is 5.25. The van der Waals surface area contributed by atoms with Gasteiger partial charge in [-0.3, -0.25) is 4.79 Å². The summed E-state index contributed by atoms with van der Waals surface area (Å²) in [5, 5.41) is 2.68. The van der Waals surface area contributed by atoms with E-state index in [-0.39, 0.29) is 5.91 Å². The van der Waals surface area contributed by atoms with Crippen molar-refractivity contribution in [3.05, 3.63) is 58.3 Å². The maximum absolute atomic E-state index is 13.2. The van der Waals surface area contributed by atoms with Crippen LogP contribution in [0.15, 0.2) is 46.9 Å². The summed E-state index contributed by atoms with van der Waals surface area (Å²) in [6.45, 7) is 0. The van der Waals surface area contributed by atoms with E-state index in [0.717, 1.165) is 11.3 Å². The SMILES string of the molecule is O=C(Nc1cc(F)ccc1Br)C1Cc2ccccc2O1. The molecule has 2 aromatic rings. The van der Waals surface area contributed by atoms with Crippen LogP contribution in [0.25, 0.3) is 0 Å². The van der Waals surface area contributed by atoms with Gasteiger partial charge in [0.05, 0.1) is 5.69 Å². The minimum absolute atomic E-state index is 0.285. The molecule has 1 aliphatic heterocycles. The minimum Gasteiger partial charge on any atom is -0.480 e. The van der Waals surface area contributed by atoms with Crippen LogP contribution in [0.3, 0.4) is 0 Å². The number of rotatable bonds is 2. The molecule has 0 aliphatic carbocycles. The van der Waals surface area contributed by atoms with Gasteiger partial charge in [0.2, 0.25) is 0 Å². The first-order chi connectivity index (χ1) is 9.63. The highest BCUT2D eigenvalue weighted by Gasteiger charge is 2.29. The van der Waals surface area contributed by atoms with E-state index >= 15 is 0 Å². The zero-order valence-electron chi connectivity index (χ0n) is 10.4. The van der Waals surface area contributed by atoms with Crippen LogP contribution in [-0.4, -0.2) is 12.0 Å². The highest BCUT2D eigenvalue weighted by molar-refractivity contribution is 9.10. The van der Waals surface area contributed by atoms with Gasteiger partial charge in [0, 0.05) is 10.9 Å². The Bertz CT molecular complexity index is 650. The van der Waals surface area contributed by atoms with Crippen LogP contribution in [-0.2, 0) is 11.2 Å². The fraction of sp³-hybridized carbons (Fsp3) is 0.133. The van der Waals surface area contributed by atoms with Gasteiger partial charge in [-0.2, -0.15) is 0 Å². The predicted molar refractivity (Wildman–Crippen MR) is 77.3 cm³/mol. The number of anilines is 1. The van der Waals surface area contributed by atoms with Gasteiger partial charge in [0.25, 0.3) is 5.91 Å². The Morgan fingerprint density at radius 2 is 2.10 bits per heavy atom. The molecule has 1 aliphatic rings. The molecule has 0 saturated heterocycles. The van der Waals surface area contributed by atoms with Gasteiger partial charge in [0.15, 0.2) is 6.10 Å². The van der Waals surface area contributed by atoms with Crippen LogP contribution in [0.2, 0.25) is 0 Å². The van der Waals surface area contributed by atoms with Crippen LogP contribution in [0.1, 0.15) is 5.56 Å². The monoisotopic (exact) mass is 335 g/mol. The number of fused-ring (bicyclic) bond motifs is 1. The Morgan fingerprint density at radius 1 is 1.30 bits per heavy atom. The largest absolute Gasteiger partial charge is 0.480 e. The average Bonchev–Trinajstić information content (AvgIpc) is 2.87. The normalized spacial score (nSPS) is 16.4. The topological polar surface area (TPSA) is 38.3 Å². The Kier molecular flexibility index (Phi) is 3.44. The van der Waals surface area contributed by atoms with Crippen LogP contribution in [0, 0.1) is 5.82 Å². The Morgan fingerprint density at radius 3 is 2.90 bits per heavy atom. The fourth-order valence-corrected chi connectivity index (χ4v) is 2.48. The lowest BCUT2D eigenvalue weighted by molar-refractivity contribution is -0.122. The van der Waals surface area contributed by atoms with Crippen molar-refractivity contribution >= 4 is 27.5 Å². The lowest BCUT2D eigenvalue weighted by atomic mass is 10.1. The number of hydrogen-bond acceptors (Lipinski definition) is 2. The summed E-state index contributed by atoms with van der Waals surface area (Å²) in [4.78, 5) is 12.2. The number of nitrogens with one attached hydrogen (secondary N) is 1. The zero-order valence-corrected chi connectivity index (χ0v) is 12.0. The van der Waals surface area contributed by atoms with E-state index < -0.39 is 11.9 Å². The molecular weight excluding hydrogens is 325 g/mol. The minimum atomic E-state index is -0.581. The van der Waals surface area contributed by atoms with Crippen molar-refractivity contribution in [1.29, 1.82) is 0 Å². The van der Waals surface area contributed by atoms with Gasteiger partial charge in [-0.25, -0.2) is 4.39 Å². The molecule has 1 atom stereocenters. The molecule has 102 valence electrons. The number of hydrogen-bond donors (Lipinski definition) is 1. The smallest absolute Gasteiger partial charge is 0.265 e. The van der Waals surface area contributed by atoms with E-state index in [1.165, 1.54) is 12.1 Å². The second-order valence-electron chi connectivity index (χ2n) is 4.53. The number of carbonyl (C=O) groups is 1. The van der Waals surface area contributed by atoms with Crippen LogP contribution in [0.5, 0.6) is 5.75 Å². The van der Waals surface area contributed by atoms with E-state index in [4.69, 9.17) is 4.74 Å². The first-order valence-corrected chi connectivity index (χ1v) is 6.93. The van der Waals surface area contributed by atoms with E-state index in [9.17, 15) is 9.18 Å². The number of carbonyl (C=O) groups excluding carboxylic acids is 1. The van der Waals surface area contributed by atoms with Gasteiger partial charge < -0.3 is 10.1 Å². The van der Waals surface area contributed by atoms with Crippen molar-refractivity contribution < 1.29 is 13.9 Å². The molecule has 0 spiro atoms. The Labute approximate surface area is 123 Å². The molecule has 0 aromatic heterocycles. The Hall–Kier alpha value is -1.88. The third kappa shape index (κ3) is 2.54. The quantitative estimate of drug-likeness (QED) is 0.911. The lowest BCUT2D eigenvalue weighted by Crippen LogP contribution is -2.31. The van der Waals surface area contributed by atoms with Crippen molar-refractivity contribution in [2.24, 2.45) is 0 Å². The molecule has 1 N–H and O–H groups in total. The Balaban J connectivity index is 1.74. The second-order valence-corrected chi connectivity index (χ2v) is 5.39. The summed E-state index contributed by atoms with van der Waals surface area (Å²) in [7, 11) is 0. The molecule has 3 nitrogen and oxygen atoms in total. The van der Waals surface area contributed by atoms with Gasteiger partial charge >= 0.3 is 0 Å². The molecule has 20 heavy (non-hydrogen) atoms. The molecule has 0 radical (unpaired) electrons. The number of halogens is 2. The molecule has 0 saturated carbocycles. The molecule has 1 amide bonds. The van der Waals surface area contributed by atoms with Gasteiger partial charge in [0.1, 0.15) is 11.6 Å². The van der Waals surface area contributed by atoms with E-state index in [1.54, 1.807) is 6.07 Å². The highest BCUT2D eigenvalue weighted by atomic mass is 79.9. The number of ether oxygens (including phenoxy) is 1. The van der Waals surface area contributed by atoms with Crippen molar-refractivity contribution in [1.82, 2.24) is 0 Å². The molecule has 0 bridgehead atoms. The van der Waals surface area contributed by atoms with Crippen molar-refractivity contribution in [2.75, 3.05) is 5.32 Å². The van der Waals surface area contributed by atoms with Crippen LogP contribution >= 0.6 is 15.9 Å². The van der Waals surface area contributed by atoms with Gasteiger partial charge in [-0.15, -0.1) is 0 Å². The van der Waals surface area contributed by atoms with Crippen molar-refractivity contribution in [2.45, 2.75) is 12.5 Å². The zero-order chi connectivity index (χ0) is 14.1. The lowest BCUT2D eigenvalue weighted by Gasteiger charge is -2.12. The summed E-state index contributed by atoms with van der Waals surface area (Å²) in [6.07, 6.45) is -0.0582. The summed E-state index contributed by atoms with van der Waals surface area (Å²) in [5.74, 6) is 0.0394. The molecule has 0 fully saturated rings. The van der Waals surface area contributed by atoms with E-state index in [2.05, 4.69) is 21.2 Å². The molecule has 1 unspecified atom stereocenters. The third-order valence-electron chi connectivity index (χ3n) is 3.13. The standard InChI is InChI=1S/C15H11BrFNO2/c16-11-6-5-10(17)8-12(11)18-15(19)14-7-9-3-1-2-4-13(9)20-14/h1-6,8,14H,7H2,(H,18,19). The molecule has 5 heteroatoms. The molecule has 1 heterocycles. The molecule has 2 aromatic carbocycles. The van der Waals surface area contributed by atoms with Gasteiger partial charge in [-0.05, 0) is 45.8 Å². The fourth-order valence-electron chi connectivity index (χ4n) is 2.13. The average molecular weight is 336 g/mol. The summed E-state index contributed by atoms with van der Waals surface area (Å²) < 4.78 is 19.4. The summed E-state index contributed by atoms with van der Waals surface area (Å²) in [5.41, 5.74) is 1.40. The number of amides is 1. The van der Waals surface area contributed by atoms with Crippen molar-refractivity contribution in [3.63, 3.8) is 0 Å². The van der Waals surface area contributed by atoms with Gasteiger partial charge in [-0.1, -0.05) is 18.2 Å². The summed E-state index contributed by atoms with van der Waals surface area (Å²) >= 11 is 3.27. The molecule has 3 rings (SSSR count). The highest BCUT2D eigenvalue weighted by Crippen LogP contribution is 2.29. The molecular formula is C15H11BrFNO2. The van der Waals surface area contributed by atoms with Crippen molar-refractivity contribution in [3.8, 4) is 5.75 Å². The maximum atomic E-state index is 13.2. The maximum Gasteiger partial charge on any atom is 0.265 e. The van der Waals surface area contributed by atoms with Crippen LogP contribution in [0.4, 0.5) is 10.1 Å². The summed E-state index contributed by atoms with van der Waals surface area (Å²) in [6, 6.07) is 11.7. The predicted octanol–water partition coefficient (Wildman–Crippen LogP) is 3.53. The number of para-hydroxylation sites is 1.